The van der Waals surface area contributed by atoms with Crippen LogP contribution in [0.2, 0.25) is 0 Å². The molecule has 2 aliphatic rings. The van der Waals surface area contributed by atoms with Crippen LogP contribution < -0.4 is 4.74 Å². The van der Waals surface area contributed by atoms with Gasteiger partial charge in [-0.1, -0.05) is 12.1 Å². The van der Waals surface area contributed by atoms with E-state index >= 15 is 0 Å². The van der Waals surface area contributed by atoms with Gasteiger partial charge >= 0.3 is 0 Å². The van der Waals surface area contributed by atoms with E-state index in [2.05, 4.69) is 0 Å². The lowest BCUT2D eigenvalue weighted by molar-refractivity contribution is -0.118. The molecule has 0 radical (unpaired) electrons. The zero-order chi connectivity index (χ0) is 15.0. The molecule has 1 aliphatic carbocycles. The fraction of sp³-hybridized carbons (Fsp3) is 0.588. The van der Waals surface area contributed by atoms with Crippen LogP contribution in [0.15, 0.2) is 24.3 Å². The Morgan fingerprint density at radius 2 is 2.05 bits per heavy atom. The van der Waals surface area contributed by atoms with Crippen molar-refractivity contribution in [2.24, 2.45) is 0 Å². The quantitative estimate of drug-likeness (QED) is 0.859. The van der Waals surface area contributed by atoms with E-state index < -0.39 is 0 Å². The van der Waals surface area contributed by atoms with Crippen molar-refractivity contribution in [3.8, 4) is 5.75 Å². The van der Waals surface area contributed by atoms with Crippen molar-refractivity contribution in [1.29, 1.82) is 0 Å². The van der Waals surface area contributed by atoms with Crippen molar-refractivity contribution in [2.75, 3.05) is 13.1 Å². The molecule has 21 heavy (non-hydrogen) atoms. The van der Waals surface area contributed by atoms with Crippen LogP contribution in [-0.2, 0) is 4.74 Å². The summed E-state index contributed by atoms with van der Waals surface area (Å²) in [5.74, 6) is 0.747. The number of hydrogen-bond donors (Lipinski definition) is 0. The van der Waals surface area contributed by atoms with Crippen molar-refractivity contribution in [2.45, 2.75) is 51.4 Å². The summed E-state index contributed by atoms with van der Waals surface area (Å²) in [6, 6.07) is 7.55. The van der Waals surface area contributed by atoms with Gasteiger partial charge in [0.2, 0.25) is 0 Å². The van der Waals surface area contributed by atoms with Crippen LogP contribution in [-0.4, -0.2) is 41.7 Å². The van der Waals surface area contributed by atoms with Crippen LogP contribution in [0.4, 0.5) is 0 Å². The van der Waals surface area contributed by atoms with Crippen molar-refractivity contribution >= 4 is 5.91 Å². The number of benzene rings is 1. The third-order valence-electron chi connectivity index (χ3n) is 3.79. The summed E-state index contributed by atoms with van der Waals surface area (Å²) in [5, 5.41) is 0. The number of amides is 1. The van der Waals surface area contributed by atoms with Gasteiger partial charge in [0.25, 0.3) is 5.91 Å². The van der Waals surface area contributed by atoms with Crippen molar-refractivity contribution < 1.29 is 14.3 Å². The number of morpholine rings is 1. The standard InChI is InChI=1S/C17H23NO3/c1-12-10-18(11-17(2,3)21-12)16(19)14-6-4-5-7-15(14)20-13-8-9-13/h4-7,12-13H,8-11H2,1-3H3. The first-order chi connectivity index (χ1) is 9.94. The summed E-state index contributed by atoms with van der Waals surface area (Å²) < 4.78 is 11.7. The lowest BCUT2D eigenvalue weighted by atomic mass is 10.0. The number of hydrogen-bond acceptors (Lipinski definition) is 3. The van der Waals surface area contributed by atoms with Gasteiger partial charge in [-0.2, -0.15) is 0 Å². The van der Waals surface area contributed by atoms with Gasteiger partial charge in [-0.15, -0.1) is 0 Å². The molecular weight excluding hydrogens is 266 g/mol. The summed E-state index contributed by atoms with van der Waals surface area (Å²) in [6.07, 6.45) is 2.52. The van der Waals surface area contributed by atoms with E-state index in [1.807, 2.05) is 49.9 Å². The summed E-state index contributed by atoms with van der Waals surface area (Å²) in [6.45, 7) is 7.28. The van der Waals surface area contributed by atoms with Crippen molar-refractivity contribution in [3.05, 3.63) is 29.8 Å². The number of para-hydroxylation sites is 1. The second-order valence-corrected chi connectivity index (χ2v) is 6.69. The number of nitrogens with zero attached hydrogens (tertiary/aromatic N) is 1. The Labute approximate surface area is 126 Å². The molecule has 3 rings (SSSR count). The molecular formula is C17H23NO3. The molecule has 4 heteroatoms. The van der Waals surface area contributed by atoms with E-state index in [1.165, 1.54) is 0 Å². The van der Waals surface area contributed by atoms with Crippen LogP contribution in [0, 0.1) is 0 Å². The Morgan fingerprint density at radius 3 is 2.71 bits per heavy atom. The molecule has 1 aliphatic heterocycles. The predicted molar refractivity (Wildman–Crippen MR) is 80.6 cm³/mol. The maximum Gasteiger partial charge on any atom is 0.257 e. The lowest BCUT2D eigenvalue weighted by Gasteiger charge is -2.41. The molecule has 1 aromatic carbocycles. The first-order valence-corrected chi connectivity index (χ1v) is 7.67. The second kappa shape index (κ2) is 5.34. The summed E-state index contributed by atoms with van der Waals surface area (Å²) >= 11 is 0. The van der Waals surface area contributed by atoms with Crippen LogP contribution in [0.5, 0.6) is 5.75 Å². The first-order valence-electron chi connectivity index (χ1n) is 7.67. The predicted octanol–water partition coefficient (Wildman–Crippen LogP) is 2.87. The maximum atomic E-state index is 12.8. The van der Waals surface area contributed by atoms with E-state index in [9.17, 15) is 4.79 Å². The SMILES string of the molecule is CC1CN(C(=O)c2ccccc2OC2CC2)CC(C)(C)O1. The molecule has 0 spiro atoms. The minimum absolute atomic E-state index is 0.0366. The van der Waals surface area contributed by atoms with Gasteiger partial charge in [0.05, 0.1) is 23.4 Å². The largest absolute Gasteiger partial charge is 0.490 e. The molecule has 1 atom stereocenters. The zero-order valence-corrected chi connectivity index (χ0v) is 13.0. The fourth-order valence-corrected chi connectivity index (χ4v) is 2.89. The Balaban J connectivity index is 1.81. The first kappa shape index (κ1) is 14.4. The Morgan fingerprint density at radius 1 is 1.33 bits per heavy atom. The van der Waals surface area contributed by atoms with Crippen LogP contribution >= 0.6 is 0 Å². The van der Waals surface area contributed by atoms with Crippen LogP contribution in [0.25, 0.3) is 0 Å². The molecule has 1 unspecified atom stereocenters. The minimum atomic E-state index is -0.306. The smallest absolute Gasteiger partial charge is 0.257 e. The molecule has 1 amide bonds. The van der Waals surface area contributed by atoms with Gasteiger partial charge in [0, 0.05) is 13.1 Å². The van der Waals surface area contributed by atoms with Crippen LogP contribution in [0.1, 0.15) is 44.0 Å². The zero-order valence-electron chi connectivity index (χ0n) is 13.0. The minimum Gasteiger partial charge on any atom is -0.490 e. The topological polar surface area (TPSA) is 38.8 Å². The average molecular weight is 289 g/mol. The highest BCUT2D eigenvalue weighted by Crippen LogP contribution is 2.30. The highest BCUT2D eigenvalue weighted by Gasteiger charge is 2.35. The fourth-order valence-electron chi connectivity index (χ4n) is 2.89. The molecule has 0 N–H and O–H groups in total. The van der Waals surface area contributed by atoms with Crippen molar-refractivity contribution in [1.82, 2.24) is 4.90 Å². The van der Waals surface area contributed by atoms with Gasteiger partial charge in [-0.25, -0.2) is 0 Å². The third kappa shape index (κ3) is 3.38. The molecule has 0 aromatic heterocycles. The Kier molecular flexibility index (Phi) is 3.66. The molecule has 1 heterocycles. The summed E-state index contributed by atoms with van der Waals surface area (Å²) in [4.78, 5) is 14.7. The Bertz CT molecular complexity index is 537. The van der Waals surface area contributed by atoms with Crippen molar-refractivity contribution in [3.63, 3.8) is 0 Å². The third-order valence-corrected chi connectivity index (χ3v) is 3.79. The number of carbonyl (C=O) groups excluding carboxylic acids is 1. The second-order valence-electron chi connectivity index (χ2n) is 6.69. The highest BCUT2D eigenvalue weighted by atomic mass is 16.5. The van der Waals surface area contributed by atoms with Gasteiger partial charge in [-0.3, -0.25) is 4.79 Å². The van der Waals surface area contributed by atoms with E-state index in [1.54, 1.807) is 0 Å². The molecule has 4 nitrogen and oxygen atoms in total. The van der Waals surface area contributed by atoms with Crippen LogP contribution in [0.3, 0.4) is 0 Å². The number of ether oxygens (including phenoxy) is 2. The molecule has 1 saturated heterocycles. The Hall–Kier alpha value is -1.55. The number of rotatable bonds is 3. The molecule has 2 fully saturated rings. The van der Waals surface area contributed by atoms with E-state index in [0.29, 0.717) is 30.5 Å². The van der Waals surface area contributed by atoms with Gasteiger partial charge < -0.3 is 14.4 Å². The van der Waals surface area contributed by atoms with Gasteiger partial charge in [0.1, 0.15) is 5.75 Å². The average Bonchev–Trinajstić information content (AvgIpc) is 3.20. The van der Waals surface area contributed by atoms with E-state index in [0.717, 1.165) is 12.8 Å². The van der Waals surface area contributed by atoms with E-state index in [4.69, 9.17) is 9.47 Å². The molecule has 1 saturated carbocycles. The molecule has 1 aromatic rings. The van der Waals surface area contributed by atoms with Gasteiger partial charge in [0.15, 0.2) is 0 Å². The summed E-state index contributed by atoms with van der Waals surface area (Å²) in [7, 11) is 0. The van der Waals surface area contributed by atoms with Gasteiger partial charge in [-0.05, 0) is 45.7 Å². The monoisotopic (exact) mass is 289 g/mol. The van der Waals surface area contributed by atoms with E-state index in [-0.39, 0.29) is 17.6 Å². The normalized spacial score (nSPS) is 24.7. The maximum absolute atomic E-state index is 12.8. The lowest BCUT2D eigenvalue weighted by Crippen LogP contribution is -2.53. The molecule has 0 bridgehead atoms. The number of carbonyl (C=O) groups is 1. The highest BCUT2D eigenvalue weighted by molar-refractivity contribution is 5.97. The summed E-state index contributed by atoms with van der Waals surface area (Å²) in [5.41, 5.74) is 0.355. The molecule has 114 valence electrons.